The van der Waals surface area contributed by atoms with Crippen molar-refractivity contribution in [3.8, 4) is 5.75 Å². The van der Waals surface area contributed by atoms with Crippen molar-refractivity contribution >= 4 is 27.4 Å². The molecular formula is C11H12BrNO4. The maximum atomic E-state index is 11.9. The fraction of sp³-hybridized carbons (Fsp3) is 0.364. The first-order chi connectivity index (χ1) is 7.97. The molecular weight excluding hydrogens is 290 g/mol. The topological polar surface area (TPSA) is 69.4 Å². The molecule has 0 aliphatic heterocycles. The van der Waals surface area contributed by atoms with Gasteiger partial charge in [-0.05, 0) is 19.9 Å². The number of benzene rings is 1. The third kappa shape index (κ3) is 3.26. The van der Waals surface area contributed by atoms with Gasteiger partial charge in [0.25, 0.3) is 5.69 Å². The van der Waals surface area contributed by atoms with E-state index in [1.165, 1.54) is 18.2 Å². The van der Waals surface area contributed by atoms with Crippen LogP contribution in [0.2, 0.25) is 0 Å². The summed E-state index contributed by atoms with van der Waals surface area (Å²) in [4.78, 5) is 21.6. The van der Waals surface area contributed by atoms with Gasteiger partial charge in [0.2, 0.25) is 0 Å². The fourth-order valence-corrected chi connectivity index (χ4v) is 1.57. The largest absolute Gasteiger partial charge is 0.493 e. The van der Waals surface area contributed by atoms with Gasteiger partial charge in [-0.1, -0.05) is 15.9 Å². The van der Waals surface area contributed by atoms with E-state index < -0.39 is 9.75 Å². The second-order valence-electron chi connectivity index (χ2n) is 3.35. The lowest BCUT2D eigenvalue weighted by molar-refractivity contribution is -0.384. The van der Waals surface area contributed by atoms with Crippen LogP contribution >= 0.6 is 15.9 Å². The lowest BCUT2D eigenvalue weighted by Crippen LogP contribution is -2.12. The Hall–Kier alpha value is -1.43. The Kier molecular flexibility index (Phi) is 4.62. The number of hydrogen-bond donors (Lipinski definition) is 0. The van der Waals surface area contributed by atoms with Gasteiger partial charge in [0, 0.05) is 12.1 Å². The van der Waals surface area contributed by atoms with Crippen molar-refractivity contribution in [1.29, 1.82) is 0 Å². The summed E-state index contributed by atoms with van der Waals surface area (Å²) < 4.78 is 5.28. The molecule has 1 aromatic rings. The van der Waals surface area contributed by atoms with Gasteiger partial charge >= 0.3 is 0 Å². The zero-order valence-electron chi connectivity index (χ0n) is 9.47. The summed E-state index contributed by atoms with van der Waals surface area (Å²) >= 11 is 3.15. The third-order valence-electron chi connectivity index (χ3n) is 2.10. The highest BCUT2D eigenvalue weighted by molar-refractivity contribution is 9.10. The van der Waals surface area contributed by atoms with E-state index in [-0.39, 0.29) is 17.0 Å². The number of carbonyl (C=O) groups excluding carboxylic acids is 1. The minimum absolute atomic E-state index is 0.120. The van der Waals surface area contributed by atoms with Crippen molar-refractivity contribution in [2.45, 2.75) is 18.7 Å². The Labute approximate surface area is 107 Å². The molecule has 17 heavy (non-hydrogen) atoms. The standard InChI is InChI=1S/C11H12BrNO4/c1-3-17-10-5-4-8(13(15)16)6-9(10)11(14)7(2)12/h4-7H,3H2,1-2H3. The molecule has 0 amide bonds. The van der Waals surface area contributed by atoms with Crippen LogP contribution in [0.3, 0.4) is 0 Å². The Morgan fingerprint density at radius 2 is 2.24 bits per heavy atom. The van der Waals surface area contributed by atoms with Crippen molar-refractivity contribution in [2.24, 2.45) is 0 Å². The molecule has 1 rings (SSSR count). The number of ether oxygens (including phenoxy) is 1. The number of carbonyl (C=O) groups is 1. The number of nitrogens with zero attached hydrogens (tertiary/aromatic N) is 1. The van der Waals surface area contributed by atoms with Crippen molar-refractivity contribution < 1.29 is 14.5 Å². The van der Waals surface area contributed by atoms with Gasteiger partial charge in [-0.25, -0.2) is 0 Å². The van der Waals surface area contributed by atoms with Gasteiger partial charge in [0.15, 0.2) is 5.78 Å². The minimum Gasteiger partial charge on any atom is -0.493 e. The van der Waals surface area contributed by atoms with Crippen LogP contribution in [-0.4, -0.2) is 22.1 Å². The first-order valence-corrected chi connectivity index (χ1v) is 5.98. The summed E-state index contributed by atoms with van der Waals surface area (Å²) in [7, 11) is 0. The van der Waals surface area contributed by atoms with E-state index in [2.05, 4.69) is 15.9 Å². The Morgan fingerprint density at radius 1 is 1.59 bits per heavy atom. The van der Waals surface area contributed by atoms with Gasteiger partial charge < -0.3 is 4.74 Å². The first kappa shape index (κ1) is 13.6. The molecule has 6 heteroatoms. The molecule has 0 aliphatic rings. The number of rotatable bonds is 5. The second kappa shape index (κ2) is 5.77. The Balaban J connectivity index is 3.24. The summed E-state index contributed by atoms with van der Waals surface area (Å²) in [5.74, 6) is 0.131. The van der Waals surface area contributed by atoms with Crippen molar-refractivity contribution in [3.63, 3.8) is 0 Å². The molecule has 0 saturated heterocycles. The van der Waals surface area contributed by atoms with Gasteiger partial charge in [0.1, 0.15) is 5.75 Å². The number of nitro groups is 1. The maximum absolute atomic E-state index is 11.9. The average molecular weight is 302 g/mol. The normalized spacial score (nSPS) is 11.9. The molecule has 0 spiro atoms. The zero-order valence-corrected chi connectivity index (χ0v) is 11.1. The molecule has 0 aliphatic carbocycles. The molecule has 1 aromatic carbocycles. The first-order valence-electron chi connectivity index (χ1n) is 5.07. The number of nitro benzene ring substituents is 1. The third-order valence-corrected chi connectivity index (χ3v) is 2.52. The predicted molar refractivity (Wildman–Crippen MR) is 67.0 cm³/mol. The molecule has 1 atom stereocenters. The second-order valence-corrected chi connectivity index (χ2v) is 4.72. The van der Waals surface area contributed by atoms with E-state index in [0.717, 1.165) is 0 Å². The summed E-state index contributed by atoms with van der Waals surface area (Å²) in [6.07, 6.45) is 0. The van der Waals surface area contributed by atoms with Crippen LogP contribution in [0.25, 0.3) is 0 Å². The molecule has 0 radical (unpaired) electrons. The number of alkyl halides is 1. The van der Waals surface area contributed by atoms with Gasteiger partial charge in [-0.15, -0.1) is 0 Å². The van der Waals surface area contributed by atoms with Crippen molar-refractivity contribution in [3.05, 3.63) is 33.9 Å². The Morgan fingerprint density at radius 3 is 2.71 bits per heavy atom. The number of non-ortho nitro benzene ring substituents is 1. The molecule has 0 heterocycles. The number of ketones is 1. The van der Waals surface area contributed by atoms with Crippen molar-refractivity contribution in [1.82, 2.24) is 0 Å². The Bertz CT molecular complexity index is 445. The van der Waals surface area contributed by atoms with Crippen LogP contribution in [0.4, 0.5) is 5.69 Å². The van der Waals surface area contributed by atoms with Gasteiger partial charge in [-0.2, -0.15) is 0 Å². The quantitative estimate of drug-likeness (QED) is 0.363. The van der Waals surface area contributed by atoms with Crippen LogP contribution < -0.4 is 4.74 Å². The lowest BCUT2D eigenvalue weighted by atomic mass is 10.1. The fourth-order valence-electron chi connectivity index (χ4n) is 1.32. The predicted octanol–water partition coefficient (Wildman–Crippen LogP) is 2.96. The summed E-state index contributed by atoms with van der Waals surface area (Å²) in [5.41, 5.74) is 0.107. The zero-order chi connectivity index (χ0) is 13.0. The number of Topliss-reactive ketones (excluding diaryl/α,β-unsaturated/α-hetero) is 1. The molecule has 0 saturated carbocycles. The monoisotopic (exact) mass is 301 g/mol. The molecule has 0 N–H and O–H groups in total. The highest BCUT2D eigenvalue weighted by Gasteiger charge is 2.20. The number of hydrogen-bond acceptors (Lipinski definition) is 4. The molecule has 92 valence electrons. The highest BCUT2D eigenvalue weighted by Crippen LogP contribution is 2.26. The van der Waals surface area contributed by atoms with Crippen LogP contribution in [0, 0.1) is 10.1 Å². The summed E-state index contributed by atoms with van der Waals surface area (Å²) in [6.45, 7) is 3.85. The minimum atomic E-state index is -0.536. The average Bonchev–Trinajstić information content (AvgIpc) is 2.28. The smallest absolute Gasteiger partial charge is 0.270 e. The van der Waals surface area contributed by atoms with Gasteiger partial charge in [-0.3, -0.25) is 14.9 Å². The SMILES string of the molecule is CCOc1ccc([N+](=O)[O-])cc1C(=O)C(C)Br. The molecule has 0 bridgehead atoms. The molecule has 0 fully saturated rings. The number of halogens is 1. The van der Waals surface area contributed by atoms with E-state index in [0.29, 0.717) is 12.4 Å². The van der Waals surface area contributed by atoms with Gasteiger partial charge in [0.05, 0.1) is 21.9 Å². The molecule has 1 unspecified atom stereocenters. The van der Waals surface area contributed by atoms with E-state index in [9.17, 15) is 14.9 Å². The maximum Gasteiger partial charge on any atom is 0.270 e. The van der Waals surface area contributed by atoms with E-state index >= 15 is 0 Å². The lowest BCUT2D eigenvalue weighted by Gasteiger charge is -2.10. The van der Waals surface area contributed by atoms with Crippen LogP contribution in [0.1, 0.15) is 24.2 Å². The van der Waals surface area contributed by atoms with E-state index in [1.54, 1.807) is 13.8 Å². The molecule has 0 aromatic heterocycles. The van der Waals surface area contributed by atoms with E-state index in [1.807, 2.05) is 0 Å². The van der Waals surface area contributed by atoms with Crippen molar-refractivity contribution in [2.75, 3.05) is 6.61 Å². The summed E-state index contributed by atoms with van der Waals surface area (Å²) in [6, 6.07) is 4.01. The van der Waals surface area contributed by atoms with Crippen LogP contribution in [0.5, 0.6) is 5.75 Å². The van der Waals surface area contributed by atoms with E-state index in [4.69, 9.17) is 4.74 Å². The van der Waals surface area contributed by atoms with Crippen LogP contribution in [0.15, 0.2) is 18.2 Å². The molecule has 5 nitrogen and oxygen atoms in total. The summed E-state index contributed by atoms with van der Waals surface area (Å²) in [5, 5.41) is 10.7. The highest BCUT2D eigenvalue weighted by atomic mass is 79.9. The van der Waals surface area contributed by atoms with Crippen LogP contribution in [-0.2, 0) is 0 Å².